The van der Waals surface area contributed by atoms with Gasteiger partial charge in [0, 0.05) is 32.2 Å². The number of hydrogen-bond donors (Lipinski definition) is 0. The lowest BCUT2D eigenvalue weighted by molar-refractivity contribution is -0.141. The Labute approximate surface area is 128 Å². The van der Waals surface area contributed by atoms with E-state index < -0.39 is 17.7 Å². The van der Waals surface area contributed by atoms with E-state index in [1.165, 1.54) is 0 Å². The van der Waals surface area contributed by atoms with Gasteiger partial charge in [-0.3, -0.25) is 0 Å². The Morgan fingerprint density at radius 3 is 2.09 bits per heavy atom. The summed E-state index contributed by atoms with van der Waals surface area (Å²) in [5.74, 6) is 0.102. The van der Waals surface area contributed by atoms with Gasteiger partial charge in [-0.05, 0) is 0 Å². The smallest absolute Gasteiger partial charge is 0.353 e. The molecular weight excluding hydrogens is 316 g/mol. The lowest BCUT2D eigenvalue weighted by Crippen LogP contribution is -2.47. The maximum atomic E-state index is 12.8. The Morgan fingerprint density at radius 2 is 1.48 bits per heavy atom. The molecule has 0 aromatic carbocycles. The van der Waals surface area contributed by atoms with E-state index in [0.29, 0.717) is 32.1 Å². The van der Waals surface area contributed by atoms with Crippen LogP contribution in [0.4, 0.5) is 29.3 Å². The number of halogens is 4. The van der Waals surface area contributed by atoms with Crippen LogP contribution in [0.3, 0.4) is 0 Å². The van der Waals surface area contributed by atoms with Gasteiger partial charge in [0.2, 0.25) is 5.95 Å². The maximum absolute atomic E-state index is 12.8. The first kappa shape index (κ1) is 15.4. The molecule has 0 amide bonds. The Bertz CT molecular complexity index is 667. The molecule has 1 saturated heterocycles. The molecule has 2 aromatic rings. The fraction of sp³-hybridized carbons (Fsp3) is 0.385. The summed E-state index contributed by atoms with van der Waals surface area (Å²) in [5.41, 5.74) is -0.966. The number of anilines is 2. The molecular formula is C13H12F4N6. The second-order valence-electron chi connectivity index (χ2n) is 4.93. The van der Waals surface area contributed by atoms with Gasteiger partial charge in [0.15, 0.2) is 5.82 Å². The van der Waals surface area contributed by atoms with Crippen LogP contribution in [0, 0.1) is 5.82 Å². The van der Waals surface area contributed by atoms with Crippen molar-refractivity contribution >= 4 is 11.8 Å². The second-order valence-corrected chi connectivity index (χ2v) is 4.93. The van der Waals surface area contributed by atoms with E-state index in [-0.39, 0.29) is 5.82 Å². The Hall–Kier alpha value is -2.52. The molecule has 0 spiro atoms. The minimum atomic E-state index is -4.50. The topological polar surface area (TPSA) is 58.0 Å². The maximum Gasteiger partial charge on any atom is 0.433 e. The minimum Gasteiger partial charge on any atom is -0.353 e. The van der Waals surface area contributed by atoms with Gasteiger partial charge in [0.1, 0.15) is 17.8 Å². The second kappa shape index (κ2) is 5.94. The van der Waals surface area contributed by atoms with Crippen molar-refractivity contribution in [2.24, 2.45) is 0 Å². The molecule has 6 nitrogen and oxygen atoms in total. The summed E-state index contributed by atoms with van der Waals surface area (Å²) < 4.78 is 50.9. The molecule has 1 aliphatic rings. The molecule has 0 atom stereocenters. The highest BCUT2D eigenvalue weighted by atomic mass is 19.4. The van der Waals surface area contributed by atoms with Gasteiger partial charge in [-0.15, -0.1) is 0 Å². The number of alkyl halides is 3. The summed E-state index contributed by atoms with van der Waals surface area (Å²) in [6.45, 7) is 1.90. The van der Waals surface area contributed by atoms with Crippen LogP contribution in [0.1, 0.15) is 5.69 Å². The lowest BCUT2D eigenvalue weighted by Gasteiger charge is -2.35. The summed E-state index contributed by atoms with van der Waals surface area (Å²) in [6.07, 6.45) is -1.43. The number of aromatic nitrogens is 4. The van der Waals surface area contributed by atoms with Gasteiger partial charge in [-0.25, -0.2) is 24.3 Å². The highest BCUT2D eigenvalue weighted by Gasteiger charge is 2.33. The third-order valence-corrected chi connectivity index (χ3v) is 3.44. The van der Waals surface area contributed by atoms with Crippen LogP contribution in [0.15, 0.2) is 24.8 Å². The molecule has 23 heavy (non-hydrogen) atoms. The van der Waals surface area contributed by atoms with E-state index in [1.807, 2.05) is 4.90 Å². The first-order chi connectivity index (χ1) is 10.9. The van der Waals surface area contributed by atoms with Crippen molar-refractivity contribution in [3.63, 3.8) is 0 Å². The van der Waals surface area contributed by atoms with Crippen molar-refractivity contribution < 1.29 is 17.6 Å². The summed E-state index contributed by atoms with van der Waals surface area (Å²) in [5, 5.41) is 0. The molecule has 0 radical (unpaired) electrons. The number of piperazine rings is 1. The molecule has 2 aromatic heterocycles. The molecule has 0 bridgehead atoms. The van der Waals surface area contributed by atoms with Crippen LogP contribution in [0.5, 0.6) is 0 Å². The van der Waals surface area contributed by atoms with Crippen molar-refractivity contribution in [1.82, 2.24) is 19.9 Å². The Kier molecular flexibility index (Phi) is 3.97. The fourth-order valence-electron chi connectivity index (χ4n) is 2.28. The Balaban J connectivity index is 1.68. The fourth-order valence-corrected chi connectivity index (χ4v) is 2.28. The molecule has 0 saturated carbocycles. The zero-order chi connectivity index (χ0) is 16.4. The van der Waals surface area contributed by atoms with Crippen molar-refractivity contribution in [3.8, 4) is 0 Å². The van der Waals surface area contributed by atoms with Gasteiger partial charge in [0.05, 0.1) is 12.4 Å². The van der Waals surface area contributed by atoms with Gasteiger partial charge < -0.3 is 9.80 Å². The van der Waals surface area contributed by atoms with E-state index >= 15 is 0 Å². The highest BCUT2D eigenvalue weighted by molar-refractivity contribution is 5.43. The number of rotatable bonds is 2. The van der Waals surface area contributed by atoms with Crippen molar-refractivity contribution in [2.75, 3.05) is 36.0 Å². The van der Waals surface area contributed by atoms with E-state index in [1.54, 1.807) is 4.90 Å². The molecule has 1 fully saturated rings. The van der Waals surface area contributed by atoms with Crippen LogP contribution < -0.4 is 9.80 Å². The molecule has 10 heteroatoms. The van der Waals surface area contributed by atoms with E-state index in [2.05, 4.69) is 19.9 Å². The van der Waals surface area contributed by atoms with E-state index in [4.69, 9.17) is 0 Å². The first-order valence-electron chi connectivity index (χ1n) is 6.80. The molecule has 122 valence electrons. The Morgan fingerprint density at radius 1 is 0.870 bits per heavy atom. The lowest BCUT2D eigenvalue weighted by atomic mass is 10.3. The van der Waals surface area contributed by atoms with Crippen molar-refractivity contribution in [3.05, 3.63) is 36.3 Å². The zero-order valence-corrected chi connectivity index (χ0v) is 11.8. The van der Waals surface area contributed by atoms with Crippen LogP contribution in [-0.2, 0) is 6.18 Å². The molecule has 3 heterocycles. The van der Waals surface area contributed by atoms with Crippen LogP contribution in [0.2, 0.25) is 0 Å². The summed E-state index contributed by atoms with van der Waals surface area (Å²) >= 11 is 0. The van der Waals surface area contributed by atoms with E-state index in [0.717, 1.165) is 24.8 Å². The minimum absolute atomic E-state index is 0.229. The normalized spacial score (nSPS) is 15.8. The summed E-state index contributed by atoms with van der Waals surface area (Å²) in [4.78, 5) is 18.5. The molecule has 3 rings (SSSR count). The van der Waals surface area contributed by atoms with Crippen LogP contribution >= 0.6 is 0 Å². The average Bonchev–Trinajstić information content (AvgIpc) is 2.55. The largest absolute Gasteiger partial charge is 0.433 e. The summed E-state index contributed by atoms with van der Waals surface area (Å²) in [7, 11) is 0. The standard InChI is InChI=1S/C13H12F4N6/c14-9-6-18-12(19-7-9)23-3-1-22(2-4-23)11-5-10(13(15,16)17)20-8-21-11/h5-8H,1-4H2. The predicted molar refractivity (Wildman–Crippen MR) is 73.5 cm³/mol. The number of hydrogen-bond acceptors (Lipinski definition) is 6. The summed E-state index contributed by atoms with van der Waals surface area (Å²) in [6, 6.07) is 0.935. The zero-order valence-electron chi connectivity index (χ0n) is 11.8. The SMILES string of the molecule is Fc1cnc(N2CCN(c3cc(C(F)(F)F)ncn3)CC2)nc1. The quantitative estimate of drug-likeness (QED) is 0.783. The van der Waals surface area contributed by atoms with Crippen LogP contribution in [-0.4, -0.2) is 46.1 Å². The highest BCUT2D eigenvalue weighted by Crippen LogP contribution is 2.29. The van der Waals surface area contributed by atoms with Gasteiger partial charge in [0.25, 0.3) is 0 Å². The number of nitrogens with zero attached hydrogens (tertiary/aromatic N) is 6. The third kappa shape index (κ3) is 3.46. The predicted octanol–water partition coefficient (Wildman–Crippen LogP) is 1.75. The monoisotopic (exact) mass is 328 g/mol. The third-order valence-electron chi connectivity index (χ3n) is 3.44. The van der Waals surface area contributed by atoms with Crippen molar-refractivity contribution in [2.45, 2.75) is 6.18 Å². The van der Waals surface area contributed by atoms with E-state index in [9.17, 15) is 17.6 Å². The molecule has 1 aliphatic heterocycles. The van der Waals surface area contributed by atoms with Gasteiger partial charge in [-0.2, -0.15) is 13.2 Å². The van der Waals surface area contributed by atoms with Crippen molar-refractivity contribution in [1.29, 1.82) is 0 Å². The van der Waals surface area contributed by atoms with Crippen LogP contribution in [0.25, 0.3) is 0 Å². The molecule has 0 unspecified atom stereocenters. The molecule has 0 aliphatic carbocycles. The first-order valence-corrected chi connectivity index (χ1v) is 6.80. The average molecular weight is 328 g/mol. The molecule has 0 N–H and O–H groups in total. The van der Waals surface area contributed by atoms with Gasteiger partial charge in [-0.1, -0.05) is 0 Å². The van der Waals surface area contributed by atoms with Gasteiger partial charge >= 0.3 is 6.18 Å².